The van der Waals surface area contributed by atoms with E-state index < -0.39 is 21.4 Å². The van der Waals surface area contributed by atoms with Crippen molar-refractivity contribution in [2.45, 2.75) is 18.3 Å². The van der Waals surface area contributed by atoms with Gasteiger partial charge < -0.3 is 5.11 Å². The van der Waals surface area contributed by atoms with Crippen molar-refractivity contribution in [2.24, 2.45) is 5.14 Å². The Morgan fingerprint density at radius 1 is 1.38 bits per heavy atom. The van der Waals surface area contributed by atoms with E-state index in [1.807, 2.05) is 6.07 Å². The van der Waals surface area contributed by atoms with Gasteiger partial charge in [-0.2, -0.15) is 5.26 Å². The maximum atomic E-state index is 11.0. The highest BCUT2D eigenvalue weighted by Gasteiger charge is 2.25. The normalized spacial score (nSPS) is 15.1. The van der Waals surface area contributed by atoms with Crippen LogP contribution in [0.3, 0.4) is 0 Å². The molecule has 5 nitrogen and oxygen atoms in total. The summed E-state index contributed by atoms with van der Waals surface area (Å²) in [6.45, 7) is 1.33. The molecule has 0 amide bonds. The van der Waals surface area contributed by atoms with E-state index in [1.165, 1.54) is 31.2 Å². The maximum absolute atomic E-state index is 11.0. The highest BCUT2D eigenvalue weighted by Crippen LogP contribution is 2.20. The van der Waals surface area contributed by atoms with Crippen molar-refractivity contribution in [2.75, 3.05) is 0 Å². The summed E-state index contributed by atoms with van der Waals surface area (Å²) in [5.74, 6) is 0. The van der Waals surface area contributed by atoms with Gasteiger partial charge in [-0.15, -0.1) is 0 Å². The summed E-state index contributed by atoms with van der Waals surface area (Å²) in [5, 5.41) is 22.2. The third-order valence-corrected chi connectivity index (χ3v) is 3.64. The molecule has 3 N–H and O–H groups in total. The third kappa shape index (κ3) is 2.79. The van der Waals surface area contributed by atoms with Crippen LogP contribution in [-0.4, -0.2) is 18.8 Å². The molecule has 0 aliphatic heterocycles. The molecule has 0 aliphatic carbocycles. The van der Waals surface area contributed by atoms with Gasteiger partial charge in [0, 0.05) is 0 Å². The third-order valence-electron chi connectivity index (χ3n) is 2.34. The molecule has 0 spiro atoms. The molecule has 1 rings (SSSR count). The van der Waals surface area contributed by atoms with E-state index in [9.17, 15) is 13.5 Å². The first-order chi connectivity index (χ1) is 7.36. The Morgan fingerprint density at radius 3 is 2.25 bits per heavy atom. The minimum atomic E-state index is -3.78. The molecule has 0 radical (unpaired) electrons. The molecule has 0 bridgehead atoms. The first-order valence-corrected chi connectivity index (χ1v) is 6.17. The summed E-state index contributed by atoms with van der Waals surface area (Å²) < 4.78 is 22.1. The first kappa shape index (κ1) is 12.6. The Kier molecular flexibility index (Phi) is 3.65. The van der Waals surface area contributed by atoms with Gasteiger partial charge in [0.2, 0.25) is 10.0 Å². The van der Waals surface area contributed by atoms with Crippen LogP contribution in [0.25, 0.3) is 0 Å². The van der Waals surface area contributed by atoms with Gasteiger partial charge in [0.25, 0.3) is 0 Å². The predicted molar refractivity (Wildman–Crippen MR) is 58.7 cm³/mol. The average Bonchev–Trinajstić information content (AvgIpc) is 2.26. The number of nitrogens with zero attached hydrogens (tertiary/aromatic N) is 1. The Bertz CT molecular complexity index is 502. The number of sulfonamides is 1. The van der Waals surface area contributed by atoms with Gasteiger partial charge in [0.1, 0.15) is 5.25 Å². The first-order valence-electron chi connectivity index (χ1n) is 4.56. The van der Waals surface area contributed by atoms with Crippen LogP contribution in [0.2, 0.25) is 0 Å². The lowest BCUT2D eigenvalue weighted by Crippen LogP contribution is -2.31. The predicted octanol–water partition coefficient (Wildman–Crippen LogP) is 0.269. The van der Waals surface area contributed by atoms with Crippen LogP contribution >= 0.6 is 0 Å². The molecule has 1 aromatic rings. The SMILES string of the molecule is CC(C(O)c1ccc(C#N)cc1)S(N)(=O)=O. The van der Waals surface area contributed by atoms with E-state index >= 15 is 0 Å². The van der Waals surface area contributed by atoms with Gasteiger partial charge >= 0.3 is 0 Å². The fourth-order valence-electron chi connectivity index (χ4n) is 1.21. The van der Waals surface area contributed by atoms with Gasteiger partial charge in [-0.3, -0.25) is 0 Å². The zero-order valence-corrected chi connectivity index (χ0v) is 9.48. The summed E-state index contributed by atoms with van der Waals surface area (Å²) in [4.78, 5) is 0. The Morgan fingerprint density at radius 2 is 1.88 bits per heavy atom. The molecule has 0 aromatic heterocycles. The lowest BCUT2D eigenvalue weighted by atomic mass is 10.1. The van der Waals surface area contributed by atoms with Crippen LogP contribution in [0.1, 0.15) is 24.2 Å². The number of primary sulfonamides is 1. The van der Waals surface area contributed by atoms with Crippen LogP contribution in [0.5, 0.6) is 0 Å². The number of nitrogens with two attached hydrogens (primary N) is 1. The van der Waals surface area contributed by atoms with Crippen molar-refractivity contribution in [1.82, 2.24) is 0 Å². The molecule has 16 heavy (non-hydrogen) atoms. The van der Waals surface area contributed by atoms with Crippen LogP contribution in [-0.2, 0) is 10.0 Å². The second kappa shape index (κ2) is 4.61. The summed E-state index contributed by atoms with van der Waals surface area (Å²) >= 11 is 0. The largest absolute Gasteiger partial charge is 0.387 e. The minimum Gasteiger partial charge on any atom is -0.387 e. The van der Waals surface area contributed by atoms with Crippen molar-refractivity contribution >= 4 is 10.0 Å². The molecule has 0 saturated heterocycles. The van der Waals surface area contributed by atoms with Crippen LogP contribution < -0.4 is 5.14 Å². The molecular formula is C10H12N2O3S. The van der Waals surface area contributed by atoms with Crippen LogP contribution in [0, 0.1) is 11.3 Å². The standard InChI is InChI=1S/C10H12N2O3S/c1-7(16(12,14)15)10(13)9-4-2-8(6-11)3-5-9/h2-5,7,10,13H,1H3,(H2,12,14,15). The summed E-state index contributed by atoms with van der Waals surface area (Å²) in [5.41, 5.74) is 0.861. The number of rotatable bonds is 3. The molecule has 6 heteroatoms. The zero-order valence-electron chi connectivity index (χ0n) is 8.66. The molecule has 0 fully saturated rings. The van der Waals surface area contributed by atoms with E-state index in [1.54, 1.807) is 0 Å². The van der Waals surface area contributed by atoms with Crippen molar-refractivity contribution in [3.05, 3.63) is 35.4 Å². The number of aliphatic hydroxyl groups is 1. The topological polar surface area (TPSA) is 104 Å². The van der Waals surface area contributed by atoms with E-state index in [-0.39, 0.29) is 0 Å². The van der Waals surface area contributed by atoms with E-state index in [4.69, 9.17) is 10.4 Å². The maximum Gasteiger partial charge on any atom is 0.214 e. The molecule has 2 atom stereocenters. The molecule has 0 heterocycles. The quantitative estimate of drug-likeness (QED) is 0.791. The van der Waals surface area contributed by atoms with Crippen LogP contribution in [0.4, 0.5) is 0 Å². The highest BCUT2D eigenvalue weighted by molar-refractivity contribution is 7.89. The monoisotopic (exact) mass is 240 g/mol. The van der Waals surface area contributed by atoms with Crippen LogP contribution in [0.15, 0.2) is 24.3 Å². The van der Waals surface area contributed by atoms with Gasteiger partial charge in [-0.05, 0) is 24.6 Å². The molecule has 0 saturated carbocycles. The zero-order chi connectivity index (χ0) is 12.3. The highest BCUT2D eigenvalue weighted by atomic mass is 32.2. The Hall–Kier alpha value is -1.42. The van der Waals surface area contributed by atoms with Gasteiger partial charge in [-0.25, -0.2) is 13.6 Å². The van der Waals surface area contributed by atoms with Crippen molar-refractivity contribution < 1.29 is 13.5 Å². The van der Waals surface area contributed by atoms with E-state index in [0.29, 0.717) is 11.1 Å². The van der Waals surface area contributed by atoms with Crippen molar-refractivity contribution in [3.63, 3.8) is 0 Å². The number of aliphatic hydroxyl groups excluding tert-OH is 1. The van der Waals surface area contributed by atoms with Gasteiger partial charge in [0.05, 0.1) is 17.7 Å². The molecule has 86 valence electrons. The number of hydrogen-bond donors (Lipinski definition) is 2. The van der Waals surface area contributed by atoms with Gasteiger partial charge in [0.15, 0.2) is 0 Å². The van der Waals surface area contributed by atoms with E-state index in [2.05, 4.69) is 0 Å². The number of benzene rings is 1. The van der Waals surface area contributed by atoms with Crippen molar-refractivity contribution in [3.8, 4) is 6.07 Å². The fraction of sp³-hybridized carbons (Fsp3) is 0.300. The van der Waals surface area contributed by atoms with Gasteiger partial charge in [-0.1, -0.05) is 12.1 Å². The second-order valence-electron chi connectivity index (χ2n) is 3.47. The minimum absolute atomic E-state index is 0.417. The number of nitriles is 1. The lowest BCUT2D eigenvalue weighted by molar-refractivity contribution is 0.176. The average molecular weight is 240 g/mol. The molecular weight excluding hydrogens is 228 g/mol. The molecule has 1 aromatic carbocycles. The smallest absolute Gasteiger partial charge is 0.214 e. The molecule has 0 aliphatic rings. The van der Waals surface area contributed by atoms with Crippen molar-refractivity contribution in [1.29, 1.82) is 5.26 Å². The summed E-state index contributed by atoms with van der Waals surface area (Å²) in [6.07, 6.45) is -1.19. The fourth-order valence-corrected chi connectivity index (χ4v) is 1.72. The lowest BCUT2D eigenvalue weighted by Gasteiger charge is -2.16. The van der Waals surface area contributed by atoms with E-state index in [0.717, 1.165) is 0 Å². The second-order valence-corrected chi connectivity index (χ2v) is 5.39. The number of hydrogen-bond acceptors (Lipinski definition) is 4. The Labute approximate surface area is 94.2 Å². The summed E-state index contributed by atoms with van der Waals surface area (Å²) in [6, 6.07) is 7.95. The Balaban J connectivity index is 2.98. The summed E-state index contributed by atoms with van der Waals surface area (Å²) in [7, 11) is -3.78. The molecule has 2 unspecified atom stereocenters.